The Hall–Kier alpha value is -2.57. The van der Waals surface area contributed by atoms with Crippen molar-refractivity contribution in [3.05, 3.63) is 29.8 Å². The van der Waals surface area contributed by atoms with Gasteiger partial charge >= 0.3 is 5.97 Å². The average Bonchev–Trinajstić information content (AvgIpc) is 2.44. The topological polar surface area (TPSA) is 105 Å². The number of benzene rings is 1. The molecule has 0 fully saturated rings. The zero-order chi connectivity index (χ0) is 15.1. The lowest BCUT2D eigenvalue weighted by atomic mass is 10.2. The van der Waals surface area contributed by atoms with Crippen LogP contribution in [0.1, 0.15) is 17.3 Å². The van der Waals surface area contributed by atoms with Gasteiger partial charge in [0.15, 0.2) is 0 Å². The van der Waals surface area contributed by atoms with Crippen molar-refractivity contribution in [1.82, 2.24) is 10.6 Å². The summed E-state index contributed by atoms with van der Waals surface area (Å²) in [6.07, 6.45) is 0. The van der Waals surface area contributed by atoms with Crippen molar-refractivity contribution in [2.45, 2.75) is 13.0 Å². The SMILES string of the molecule is COc1cccc(C(=O)NCC(=O)NC(C)C(=O)O)c1. The molecule has 0 aromatic heterocycles. The molecule has 0 aliphatic rings. The van der Waals surface area contributed by atoms with Crippen molar-refractivity contribution < 1.29 is 24.2 Å². The Morgan fingerprint density at radius 2 is 2.05 bits per heavy atom. The van der Waals surface area contributed by atoms with Crippen molar-refractivity contribution in [2.24, 2.45) is 0 Å². The van der Waals surface area contributed by atoms with Gasteiger partial charge in [-0.15, -0.1) is 0 Å². The minimum atomic E-state index is -1.14. The van der Waals surface area contributed by atoms with E-state index in [-0.39, 0.29) is 6.54 Å². The summed E-state index contributed by atoms with van der Waals surface area (Å²) in [6, 6.07) is 5.46. The number of amides is 2. The highest BCUT2D eigenvalue weighted by Crippen LogP contribution is 2.12. The van der Waals surface area contributed by atoms with Gasteiger partial charge in [0.05, 0.1) is 13.7 Å². The summed E-state index contributed by atoms with van der Waals surface area (Å²) < 4.78 is 4.99. The van der Waals surface area contributed by atoms with Crippen LogP contribution in [-0.2, 0) is 9.59 Å². The van der Waals surface area contributed by atoms with Crippen LogP contribution in [0.5, 0.6) is 5.75 Å². The van der Waals surface area contributed by atoms with Crippen LogP contribution in [0, 0.1) is 0 Å². The molecule has 1 aromatic carbocycles. The number of hydrogen-bond donors (Lipinski definition) is 3. The Morgan fingerprint density at radius 1 is 1.35 bits per heavy atom. The highest BCUT2D eigenvalue weighted by molar-refractivity contribution is 5.97. The lowest BCUT2D eigenvalue weighted by Gasteiger charge is -2.10. The van der Waals surface area contributed by atoms with Crippen LogP contribution < -0.4 is 15.4 Å². The maximum absolute atomic E-state index is 11.8. The summed E-state index contributed by atoms with van der Waals surface area (Å²) in [6.45, 7) is 1.04. The first-order valence-corrected chi connectivity index (χ1v) is 5.88. The largest absolute Gasteiger partial charge is 0.497 e. The van der Waals surface area contributed by atoms with Gasteiger partial charge in [-0.05, 0) is 25.1 Å². The third-order valence-corrected chi connectivity index (χ3v) is 2.49. The standard InChI is InChI=1S/C13H16N2O5/c1-8(13(18)19)15-11(16)7-14-12(17)9-4-3-5-10(6-9)20-2/h3-6,8H,7H2,1-2H3,(H,14,17)(H,15,16)(H,18,19). The minimum absolute atomic E-state index is 0.298. The van der Waals surface area contributed by atoms with Crippen LogP contribution in [-0.4, -0.2) is 42.6 Å². The summed E-state index contributed by atoms with van der Waals surface area (Å²) in [5.41, 5.74) is 0.350. The first kappa shape index (κ1) is 15.5. The van der Waals surface area contributed by atoms with Crippen molar-refractivity contribution in [1.29, 1.82) is 0 Å². The molecular formula is C13H16N2O5. The van der Waals surface area contributed by atoms with E-state index < -0.39 is 23.8 Å². The van der Waals surface area contributed by atoms with E-state index >= 15 is 0 Å². The van der Waals surface area contributed by atoms with Crippen LogP contribution in [0.4, 0.5) is 0 Å². The Bertz CT molecular complexity index is 515. The lowest BCUT2D eigenvalue weighted by molar-refractivity contribution is -0.141. The summed E-state index contributed by atoms with van der Waals surface area (Å²) in [7, 11) is 1.48. The normalized spacial score (nSPS) is 11.3. The van der Waals surface area contributed by atoms with Gasteiger partial charge in [-0.25, -0.2) is 0 Å². The first-order valence-electron chi connectivity index (χ1n) is 5.88. The van der Waals surface area contributed by atoms with Gasteiger partial charge in [0.25, 0.3) is 5.91 Å². The zero-order valence-electron chi connectivity index (χ0n) is 11.2. The Balaban J connectivity index is 2.50. The van der Waals surface area contributed by atoms with E-state index in [0.717, 1.165) is 0 Å². The fourth-order valence-electron chi connectivity index (χ4n) is 1.38. The fraction of sp³-hybridized carbons (Fsp3) is 0.308. The molecule has 0 bridgehead atoms. The van der Waals surface area contributed by atoms with Crippen LogP contribution in [0.15, 0.2) is 24.3 Å². The van der Waals surface area contributed by atoms with Crippen molar-refractivity contribution in [3.63, 3.8) is 0 Å². The Labute approximate surface area is 115 Å². The number of nitrogens with one attached hydrogen (secondary N) is 2. The van der Waals surface area contributed by atoms with Crippen LogP contribution in [0.3, 0.4) is 0 Å². The second-order valence-electron chi connectivity index (χ2n) is 4.04. The van der Waals surface area contributed by atoms with Crippen molar-refractivity contribution in [2.75, 3.05) is 13.7 Å². The van der Waals surface area contributed by atoms with E-state index in [9.17, 15) is 14.4 Å². The third kappa shape index (κ3) is 4.60. The number of ether oxygens (including phenoxy) is 1. The predicted molar refractivity (Wildman–Crippen MR) is 70.6 cm³/mol. The number of methoxy groups -OCH3 is 1. The molecule has 0 aliphatic heterocycles. The molecular weight excluding hydrogens is 264 g/mol. The summed E-state index contributed by atoms with van der Waals surface area (Å²) >= 11 is 0. The Morgan fingerprint density at radius 3 is 2.65 bits per heavy atom. The van der Waals surface area contributed by atoms with E-state index in [4.69, 9.17) is 9.84 Å². The van der Waals surface area contributed by atoms with Gasteiger partial charge in [0, 0.05) is 5.56 Å². The number of carboxylic acid groups (broad SMARTS) is 1. The van der Waals surface area contributed by atoms with E-state index in [0.29, 0.717) is 11.3 Å². The smallest absolute Gasteiger partial charge is 0.325 e. The van der Waals surface area contributed by atoms with Crippen LogP contribution in [0.2, 0.25) is 0 Å². The van der Waals surface area contributed by atoms with Gasteiger partial charge in [-0.1, -0.05) is 6.07 Å². The molecule has 108 valence electrons. The second-order valence-corrected chi connectivity index (χ2v) is 4.04. The van der Waals surface area contributed by atoms with E-state index in [1.165, 1.54) is 20.1 Å². The van der Waals surface area contributed by atoms with Crippen molar-refractivity contribution in [3.8, 4) is 5.75 Å². The maximum Gasteiger partial charge on any atom is 0.325 e. The third-order valence-electron chi connectivity index (χ3n) is 2.49. The van der Waals surface area contributed by atoms with Gasteiger partial charge in [-0.3, -0.25) is 14.4 Å². The molecule has 0 spiro atoms. The van der Waals surface area contributed by atoms with E-state index in [1.807, 2.05) is 0 Å². The van der Waals surface area contributed by atoms with Gasteiger partial charge in [0.1, 0.15) is 11.8 Å². The molecule has 0 heterocycles. The molecule has 3 N–H and O–H groups in total. The van der Waals surface area contributed by atoms with Crippen molar-refractivity contribution >= 4 is 17.8 Å². The number of hydrogen-bond acceptors (Lipinski definition) is 4. The summed E-state index contributed by atoms with van der Waals surface area (Å²) in [5.74, 6) is -1.63. The number of carbonyl (C=O) groups is 3. The first-order chi connectivity index (χ1) is 9.43. The van der Waals surface area contributed by atoms with Gasteiger partial charge in [-0.2, -0.15) is 0 Å². The maximum atomic E-state index is 11.8. The number of carbonyl (C=O) groups excluding carboxylic acids is 2. The second kappa shape index (κ2) is 7.13. The van der Waals surface area contributed by atoms with E-state index in [1.54, 1.807) is 18.2 Å². The number of aliphatic carboxylic acids is 1. The molecule has 0 radical (unpaired) electrons. The zero-order valence-corrected chi connectivity index (χ0v) is 11.2. The monoisotopic (exact) mass is 280 g/mol. The van der Waals surface area contributed by atoms with Gasteiger partial charge < -0.3 is 20.5 Å². The van der Waals surface area contributed by atoms with E-state index in [2.05, 4.69) is 10.6 Å². The highest BCUT2D eigenvalue weighted by Gasteiger charge is 2.14. The summed E-state index contributed by atoms with van der Waals surface area (Å²) in [5, 5.41) is 13.3. The lowest BCUT2D eigenvalue weighted by Crippen LogP contribution is -2.44. The summed E-state index contributed by atoms with van der Waals surface area (Å²) in [4.78, 5) is 33.7. The van der Waals surface area contributed by atoms with Crippen LogP contribution >= 0.6 is 0 Å². The fourth-order valence-corrected chi connectivity index (χ4v) is 1.38. The predicted octanol–water partition coefficient (Wildman–Crippen LogP) is 0.0143. The molecule has 0 aliphatic carbocycles. The van der Waals surface area contributed by atoms with Gasteiger partial charge in [0.2, 0.25) is 5.91 Å². The minimum Gasteiger partial charge on any atom is -0.497 e. The highest BCUT2D eigenvalue weighted by atomic mass is 16.5. The molecule has 7 nitrogen and oxygen atoms in total. The molecule has 1 unspecified atom stereocenters. The Kier molecular flexibility index (Phi) is 5.52. The molecule has 2 amide bonds. The number of carboxylic acids is 1. The average molecular weight is 280 g/mol. The molecule has 1 atom stereocenters. The molecule has 1 aromatic rings. The molecule has 0 saturated heterocycles. The number of rotatable bonds is 6. The van der Waals surface area contributed by atoms with Crippen LogP contribution in [0.25, 0.3) is 0 Å². The quantitative estimate of drug-likeness (QED) is 0.681. The molecule has 20 heavy (non-hydrogen) atoms. The molecule has 0 saturated carbocycles. The molecule has 1 rings (SSSR count). The molecule has 7 heteroatoms.